The van der Waals surface area contributed by atoms with Crippen molar-refractivity contribution in [2.24, 2.45) is 0 Å². The van der Waals surface area contributed by atoms with Gasteiger partial charge in [0, 0.05) is 50.8 Å². The van der Waals surface area contributed by atoms with E-state index in [1.54, 1.807) is 24.1 Å². The van der Waals surface area contributed by atoms with E-state index in [9.17, 15) is 9.18 Å². The molecular weight excluding hydrogens is 425 g/mol. The Morgan fingerprint density at radius 3 is 2.77 bits per heavy atom. The summed E-state index contributed by atoms with van der Waals surface area (Å²) >= 11 is 6.18. The highest BCUT2D eigenvalue weighted by Crippen LogP contribution is 2.39. The van der Waals surface area contributed by atoms with Crippen LogP contribution in [0.5, 0.6) is 11.6 Å². The minimum absolute atomic E-state index is 0.0598. The van der Waals surface area contributed by atoms with Crippen LogP contribution in [0.2, 0.25) is 5.02 Å². The maximum atomic E-state index is 14.3. The molecule has 5 rings (SSSR count). The molecule has 31 heavy (non-hydrogen) atoms. The molecule has 158 valence electrons. The molecule has 0 spiro atoms. The van der Waals surface area contributed by atoms with Crippen LogP contribution in [0, 0.1) is 5.82 Å². The third-order valence-electron chi connectivity index (χ3n) is 5.32. The highest BCUT2D eigenvalue weighted by atomic mass is 35.5. The number of benzene rings is 1. The average Bonchev–Trinajstić information content (AvgIpc) is 3.24. The van der Waals surface area contributed by atoms with Gasteiger partial charge in [-0.25, -0.2) is 19.3 Å². The summed E-state index contributed by atoms with van der Waals surface area (Å²) in [6.45, 7) is 4.10. The Bertz CT molecular complexity index is 1300. The van der Waals surface area contributed by atoms with Gasteiger partial charge in [-0.2, -0.15) is 5.10 Å². The van der Waals surface area contributed by atoms with Crippen LogP contribution in [0.15, 0.2) is 30.9 Å². The molecule has 11 heteroatoms. The third-order valence-corrected chi connectivity index (χ3v) is 5.67. The lowest BCUT2D eigenvalue weighted by Gasteiger charge is -2.35. The number of hydrogen-bond donors (Lipinski definition) is 1. The Balaban J connectivity index is 1.54. The fourth-order valence-electron chi connectivity index (χ4n) is 3.71. The second-order valence-electron chi connectivity index (χ2n) is 7.14. The number of hydrogen-bond acceptors (Lipinski definition) is 7. The average molecular weight is 442 g/mol. The van der Waals surface area contributed by atoms with Gasteiger partial charge in [0.15, 0.2) is 5.75 Å². The summed E-state index contributed by atoms with van der Waals surface area (Å²) in [4.78, 5) is 28.6. The van der Waals surface area contributed by atoms with Crippen LogP contribution in [-0.2, 0) is 4.79 Å². The Morgan fingerprint density at radius 1 is 1.19 bits per heavy atom. The zero-order valence-electron chi connectivity index (χ0n) is 16.5. The zero-order valence-corrected chi connectivity index (χ0v) is 17.2. The number of H-pyrrole nitrogens is 1. The number of halogens is 2. The first-order valence-electron chi connectivity index (χ1n) is 9.62. The van der Waals surface area contributed by atoms with E-state index in [0.29, 0.717) is 42.6 Å². The summed E-state index contributed by atoms with van der Waals surface area (Å²) in [6.07, 6.45) is 4.52. The molecule has 1 amide bonds. The zero-order chi connectivity index (χ0) is 21.5. The highest BCUT2D eigenvalue weighted by Gasteiger charge is 2.23. The number of nitrogens with one attached hydrogen (secondary N) is 1. The molecule has 0 radical (unpaired) electrons. The number of aromatic amines is 1. The van der Waals surface area contributed by atoms with Crippen LogP contribution < -0.4 is 9.64 Å². The van der Waals surface area contributed by atoms with E-state index in [1.807, 2.05) is 0 Å². The molecule has 9 nitrogen and oxygen atoms in total. The highest BCUT2D eigenvalue weighted by molar-refractivity contribution is 6.33. The number of amides is 1. The standard InChI is InChI=1S/C20H17ClFN7O2/c1-11(30)28-4-6-29(7-5-28)19-12-2-3-23-20(17(12)24-10-25-19)31-18-13-9-26-27-15(13)8-14(22)16(18)21/h2-3,8-10H,4-7H2,1H3,(H,26,27). The first-order valence-corrected chi connectivity index (χ1v) is 10.00. The van der Waals surface area contributed by atoms with Gasteiger partial charge in [-0.05, 0) is 6.07 Å². The number of pyridine rings is 1. The van der Waals surface area contributed by atoms with E-state index in [4.69, 9.17) is 16.3 Å². The van der Waals surface area contributed by atoms with E-state index in [-0.39, 0.29) is 22.6 Å². The molecule has 0 unspecified atom stereocenters. The third kappa shape index (κ3) is 3.38. The number of carbonyl (C=O) groups is 1. The van der Waals surface area contributed by atoms with Crippen molar-refractivity contribution >= 4 is 45.1 Å². The molecule has 1 saturated heterocycles. The van der Waals surface area contributed by atoms with Gasteiger partial charge in [0.1, 0.15) is 28.5 Å². The Kier molecular flexibility index (Phi) is 4.78. The molecule has 1 aromatic carbocycles. The molecule has 4 aromatic rings. The lowest BCUT2D eigenvalue weighted by Crippen LogP contribution is -2.48. The molecule has 1 aliphatic rings. The fourth-order valence-corrected chi connectivity index (χ4v) is 3.91. The normalized spacial score (nSPS) is 14.4. The molecule has 0 bridgehead atoms. The Labute approximate surface area is 180 Å². The number of ether oxygens (including phenoxy) is 1. The summed E-state index contributed by atoms with van der Waals surface area (Å²) in [5.74, 6) is 0.440. The molecule has 1 N–H and O–H groups in total. The smallest absolute Gasteiger partial charge is 0.246 e. The lowest BCUT2D eigenvalue weighted by molar-refractivity contribution is -0.129. The van der Waals surface area contributed by atoms with E-state index >= 15 is 0 Å². The van der Waals surface area contributed by atoms with Crippen molar-refractivity contribution in [2.45, 2.75) is 6.92 Å². The number of carbonyl (C=O) groups excluding carboxylic acids is 1. The quantitative estimate of drug-likeness (QED) is 0.521. The predicted octanol–water partition coefficient (Wildman–Crippen LogP) is 3.15. The monoisotopic (exact) mass is 441 g/mol. The number of rotatable bonds is 3. The number of anilines is 1. The maximum absolute atomic E-state index is 14.3. The summed E-state index contributed by atoms with van der Waals surface area (Å²) in [6, 6.07) is 3.06. The first kappa shape index (κ1) is 19.4. The van der Waals surface area contributed by atoms with E-state index < -0.39 is 5.82 Å². The van der Waals surface area contributed by atoms with Gasteiger partial charge in [-0.3, -0.25) is 9.89 Å². The van der Waals surface area contributed by atoms with Crippen molar-refractivity contribution in [1.29, 1.82) is 0 Å². The summed E-state index contributed by atoms with van der Waals surface area (Å²) in [5.41, 5.74) is 0.925. The predicted molar refractivity (Wildman–Crippen MR) is 113 cm³/mol. The number of piperazine rings is 1. The molecule has 0 atom stereocenters. The summed E-state index contributed by atoms with van der Waals surface area (Å²) in [7, 11) is 0. The maximum Gasteiger partial charge on any atom is 0.246 e. The number of nitrogens with zero attached hydrogens (tertiary/aromatic N) is 6. The van der Waals surface area contributed by atoms with Crippen molar-refractivity contribution in [3.8, 4) is 11.6 Å². The minimum Gasteiger partial charge on any atom is -0.434 e. The van der Waals surface area contributed by atoms with Gasteiger partial charge in [0.2, 0.25) is 11.8 Å². The first-order chi connectivity index (χ1) is 15.0. The van der Waals surface area contributed by atoms with Gasteiger partial charge in [0.05, 0.1) is 17.1 Å². The van der Waals surface area contributed by atoms with Crippen LogP contribution in [0.25, 0.3) is 21.8 Å². The Hall–Kier alpha value is -3.53. The van der Waals surface area contributed by atoms with Crippen LogP contribution in [0.4, 0.5) is 10.2 Å². The van der Waals surface area contributed by atoms with Crippen molar-refractivity contribution in [1.82, 2.24) is 30.0 Å². The number of fused-ring (bicyclic) bond motifs is 2. The van der Waals surface area contributed by atoms with Crippen molar-refractivity contribution in [2.75, 3.05) is 31.1 Å². The fraction of sp³-hybridized carbons (Fsp3) is 0.250. The molecule has 0 saturated carbocycles. The molecule has 1 fully saturated rings. The van der Waals surface area contributed by atoms with Crippen LogP contribution in [0.1, 0.15) is 6.92 Å². The van der Waals surface area contributed by atoms with E-state index in [0.717, 1.165) is 11.2 Å². The van der Waals surface area contributed by atoms with Crippen LogP contribution in [0.3, 0.4) is 0 Å². The van der Waals surface area contributed by atoms with E-state index in [1.165, 1.54) is 18.6 Å². The van der Waals surface area contributed by atoms with Crippen LogP contribution >= 0.6 is 11.6 Å². The van der Waals surface area contributed by atoms with Crippen molar-refractivity contribution in [3.05, 3.63) is 41.7 Å². The summed E-state index contributed by atoms with van der Waals surface area (Å²) < 4.78 is 20.2. The largest absolute Gasteiger partial charge is 0.434 e. The topological polar surface area (TPSA) is 100 Å². The van der Waals surface area contributed by atoms with Crippen molar-refractivity contribution in [3.63, 3.8) is 0 Å². The molecular formula is C20H17ClFN7O2. The second-order valence-corrected chi connectivity index (χ2v) is 7.52. The van der Waals surface area contributed by atoms with Gasteiger partial charge >= 0.3 is 0 Å². The molecule has 4 heterocycles. The number of aromatic nitrogens is 5. The van der Waals surface area contributed by atoms with Gasteiger partial charge in [0.25, 0.3) is 0 Å². The van der Waals surface area contributed by atoms with Crippen molar-refractivity contribution < 1.29 is 13.9 Å². The van der Waals surface area contributed by atoms with Gasteiger partial charge in [-0.15, -0.1) is 0 Å². The second kappa shape index (κ2) is 7.62. The molecule has 3 aromatic heterocycles. The summed E-state index contributed by atoms with van der Waals surface area (Å²) in [5, 5.41) is 7.74. The van der Waals surface area contributed by atoms with E-state index in [2.05, 4.69) is 30.0 Å². The Morgan fingerprint density at radius 2 is 2.00 bits per heavy atom. The molecule has 0 aliphatic carbocycles. The minimum atomic E-state index is -0.632. The molecule has 1 aliphatic heterocycles. The van der Waals surface area contributed by atoms with Gasteiger partial charge < -0.3 is 14.5 Å². The lowest BCUT2D eigenvalue weighted by atomic mass is 10.2. The SMILES string of the molecule is CC(=O)N1CCN(c2ncnc3c(Oc4c(Cl)c(F)cc5[nH]ncc45)nccc23)CC1. The van der Waals surface area contributed by atoms with Gasteiger partial charge in [-0.1, -0.05) is 11.6 Å². The van der Waals surface area contributed by atoms with Crippen LogP contribution in [-0.4, -0.2) is 62.1 Å².